The number of carbonyl (C=O) groups is 1. The minimum Gasteiger partial charge on any atom is -0.465 e. The zero-order chi connectivity index (χ0) is 16.1. The number of aromatic nitrogens is 1. The highest BCUT2D eigenvalue weighted by atomic mass is 16.3. The highest BCUT2D eigenvalue weighted by Crippen LogP contribution is 2.15. The zero-order valence-corrected chi connectivity index (χ0v) is 12.6. The van der Waals surface area contributed by atoms with Crippen molar-refractivity contribution in [3.63, 3.8) is 0 Å². The first-order valence-electron chi connectivity index (χ1n) is 7.38. The van der Waals surface area contributed by atoms with Crippen LogP contribution in [0.3, 0.4) is 0 Å². The number of anilines is 1. The maximum atomic E-state index is 12.2. The van der Waals surface area contributed by atoms with Crippen LogP contribution in [0.25, 0.3) is 6.08 Å². The Hall–Kier alpha value is -3.07. The summed E-state index contributed by atoms with van der Waals surface area (Å²) >= 11 is 0. The van der Waals surface area contributed by atoms with Crippen molar-refractivity contribution in [3.8, 4) is 6.07 Å². The molecule has 0 unspecified atom stereocenters. The Labute approximate surface area is 134 Å². The molecular formula is C17H16N4O2. The first-order valence-corrected chi connectivity index (χ1v) is 7.38. The Kier molecular flexibility index (Phi) is 4.39. The third-order valence-corrected chi connectivity index (χ3v) is 3.72. The van der Waals surface area contributed by atoms with Gasteiger partial charge < -0.3 is 14.2 Å². The predicted octanol–water partition coefficient (Wildman–Crippen LogP) is 1.91. The summed E-state index contributed by atoms with van der Waals surface area (Å²) in [6.07, 6.45) is 6.42. The average Bonchev–Trinajstić information content (AvgIpc) is 3.13. The Bertz CT molecular complexity index is 738. The van der Waals surface area contributed by atoms with Gasteiger partial charge in [-0.2, -0.15) is 5.26 Å². The normalized spacial score (nSPS) is 14.9. The van der Waals surface area contributed by atoms with Gasteiger partial charge in [-0.25, -0.2) is 4.98 Å². The number of nitrogens with zero attached hydrogens (tertiary/aromatic N) is 4. The summed E-state index contributed by atoms with van der Waals surface area (Å²) in [6.45, 7) is 2.64. The molecule has 2 aromatic rings. The number of piperazine rings is 1. The quantitative estimate of drug-likeness (QED) is 0.810. The summed E-state index contributed by atoms with van der Waals surface area (Å²) in [6, 6.07) is 9.15. The standard InChI is InChI=1S/C17H16N4O2/c18-13-14-5-6-19-16(12-14)20-7-9-21(10-8-20)17(22)4-3-15-2-1-11-23-15/h1-6,11-12H,7-10H2. The first-order chi connectivity index (χ1) is 11.3. The van der Waals surface area contributed by atoms with Crippen molar-refractivity contribution in [1.82, 2.24) is 9.88 Å². The van der Waals surface area contributed by atoms with Crippen molar-refractivity contribution in [3.05, 3.63) is 54.1 Å². The van der Waals surface area contributed by atoms with E-state index in [4.69, 9.17) is 9.68 Å². The highest BCUT2D eigenvalue weighted by Gasteiger charge is 2.20. The van der Waals surface area contributed by atoms with Crippen LogP contribution in [-0.4, -0.2) is 42.0 Å². The molecule has 1 saturated heterocycles. The molecule has 3 rings (SSSR count). The second-order valence-corrected chi connectivity index (χ2v) is 5.18. The van der Waals surface area contributed by atoms with Crippen LogP contribution in [0.15, 0.2) is 47.2 Å². The fourth-order valence-corrected chi connectivity index (χ4v) is 2.46. The van der Waals surface area contributed by atoms with Gasteiger partial charge in [-0.15, -0.1) is 0 Å². The van der Waals surface area contributed by atoms with Crippen LogP contribution in [0.5, 0.6) is 0 Å². The molecule has 0 aromatic carbocycles. The van der Waals surface area contributed by atoms with E-state index < -0.39 is 0 Å². The summed E-state index contributed by atoms with van der Waals surface area (Å²) in [7, 11) is 0. The van der Waals surface area contributed by atoms with Gasteiger partial charge in [-0.3, -0.25) is 4.79 Å². The summed E-state index contributed by atoms with van der Waals surface area (Å²) in [5, 5.41) is 8.95. The van der Waals surface area contributed by atoms with Crippen LogP contribution in [0.2, 0.25) is 0 Å². The molecule has 0 atom stereocenters. The molecule has 1 aliphatic heterocycles. The number of furan rings is 1. The minimum atomic E-state index is -0.0280. The van der Waals surface area contributed by atoms with E-state index in [9.17, 15) is 4.79 Å². The van der Waals surface area contributed by atoms with Gasteiger partial charge >= 0.3 is 0 Å². The molecule has 0 saturated carbocycles. The second-order valence-electron chi connectivity index (χ2n) is 5.18. The van der Waals surface area contributed by atoms with Crippen molar-refractivity contribution in [2.24, 2.45) is 0 Å². The lowest BCUT2D eigenvalue weighted by Gasteiger charge is -2.34. The fourth-order valence-electron chi connectivity index (χ4n) is 2.46. The molecule has 1 aliphatic rings. The van der Waals surface area contributed by atoms with Gasteiger partial charge in [0, 0.05) is 38.5 Å². The molecule has 2 aromatic heterocycles. The van der Waals surface area contributed by atoms with Crippen molar-refractivity contribution in [1.29, 1.82) is 5.26 Å². The maximum Gasteiger partial charge on any atom is 0.246 e. The van der Waals surface area contributed by atoms with E-state index >= 15 is 0 Å². The third-order valence-electron chi connectivity index (χ3n) is 3.72. The monoisotopic (exact) mass is 308 g/mol. The molecule has 0 aliphatic carbocycles. The predicted molar refractivity (Wildman–Crippen MR) is 85.5 cm³/mol. The lowest BCUT2D eigenvalue weighted by molar-refractivity contribution is -0.126. The molecule has 1 fully saturated rings. The Morgan fingerprint density at radius 3 is 2.83 bits per heavy atom. The molecule has 6 nitrogen and oxygen atoms in total. The topological polar surface area (TPSA) is 73.4 Å². The number of pyridine rings is 1. The summed E-state index contributed by atoms with van der Waals surface area (Å²) in [5.41, 5.74) is 0.592. The van der Waals surface area contributed by atoms with Crippen molar-refractivity contribution >= 4 is 17.8 Å². The van der Waals surface area contributed by atoms with Crippen LogP contribution in [-0.2, 0) is 4.79 Å². The number of hydrogen-bond acceptors (Lipinski definition) is 5. The zero-order valence-electron chi connectivity index (χ0n) is 12.6. The van der Waals surface area contributed by atoms with Gasteiger partial charge in [0.15, 0.2) is 0 Å². The molecule has 0 radical (unpaired) electrons. The van der Waals surface area contributed by atoms with E-state index in [1.807, 2.05) is 0 Å². The Balaban J connectivity index is 1.57. The molecule has 0 N–H and O–H groups in total. The van der Waals surface area contributed by atoms with Crippen molar-refractivity contribution in [2.75, 3.05) is 31.1 Å². The smallest absolute Gasteiger partial charge is 0.246 e. The van der Waals surface area contributed by atoms with E-state index in [1.165, 1.54) is 6.08 Å². The molecule has 3 heterocycles. The van der Waals surface area contributed by atoms with E-state index in [-0.39, 0.29) is 5.91 Å². The second kappa shape index (κ2) is 6.79. The van der Waals surface area contributed by atoms with Crippen LogP contribution in [0.4, 0.5) is 5.82 Å². The molecule has 0 spiro atoms. The van der Waals surface area contributed by atoms with Crippen LogP contribution in [0, 0.1) is 11.3 Å². The number of hydrogen-bond donors (Lipinski definition) is 0. The Morgan fingerprint density at radius 1 is 1.30 bits per heavy atom. The summed E-state index contributed by atoms with van der Waals surface area (Å²) in [5.74, 6) is 1.41. The first kappa shape index (κ1) is 14.9. The number of rotatable bonds is 3. The lowest BCUT2D eigenvalue weighted by atomic mass is 10.2. The molecule has 23 heavy (non-hydrogen) atoms. The van der Waals surface area contributed by atoms with Gasteiger partial charge in [-0.1, -0.05) is 0 Å². The fraction of sp³-hybridized carbons (Fsp3) is 0.235. The SMILES string of the molecule is N#Cc1ccnc(N2CCN(C(=O)C=Cc3ccco3)CC2)c1. The largest absolute Gasteiger partial charge is 0.465 e. The van der Waals surface area contributed by atoms with Crippen LogP contribution >= 0.6 is 0 Å². The van der Waals surface area contributed by atoms with Crippen molar-refractivity contribution < 1.29 is 9.21 Å². The van der Waals surface area contributed by atoms with Gasteiger partial charge in [-0.05, 0) is 30.3 Å². The van der Waals surface area contributed by atoms with Gasteiger partial charge in [0.05, 0.1) is 17.9 Å². The van der Waals surface area contributed by atoms with Gasteiger partial charge in [0.2, 0.25) is 5.91 Å². The van der Waals surface area contributed by atoms with E-state index in [1.54, 1.807) is 47.7 Å². The number of nitriles is 1. The van der Waals surface area contributed by atoms with E-state index in [2.05, 4.69) is 16.0 Å². The highest BCUT2D eigenvalue weighted by molar-refractivity contribution is 5.91. The lowest BCUT2D eigenvalue weighted by Crippen LogP contribution is -2.48. The summed E-state index contributed by atoms with van der Waals surface area (Å²) < 4.78 is 5.17. The van der Waals surface area contributed by atoms with E-state index in [0.29, 0.717) is 37.5 Å². The van der Waals surface area contributed by atoms with Gasteiger partial charge in [0.1, 0.15) is 11.6 Å². The molecule has 6 heteroatoms. The summed E-state index contributed by atoms with van der Waals surface area (Å²) in [4.78, 5) is 20.3. The Morgan fingerprint density at radius 2 is 2.13 bits per heavy atom. The van der Waals surface area contributed by atoms with Crippen LogP contribution < -0.4 is 4.90 Å². The average molecular weight is 308 g/mol. The molecular weight excluding hydrogens is 292 g/mol. The maximum absolute atomic E-state index is 12.2. The molecule has 0 bridgehead atoms. The molecule has 116 valence electrons. The minimum absolute atomic E-state index is 0.0280. The van der Waals surface area contributed by atoms with Gasteiger partial charge in [0.25, 0.3) is 0 Å². The van der Waals surface area contributed by atoms with Crippen molar-refractivity contribution in [2.45, 2.75) is 0 Å². The number of carbonyl (C=O) groups excluding carboxylic acids is 1. The third kappa shape index (κ3) is 3.58. The van der Waals surface area contributed by atoms with Crippen LogP contribution in [0.1, 0.15) is 11.3 Å². The number of amides is 1. The van der Waals surface area contributed by atoms with E-state index in [0.717, 1.165) is 5.82 Å². The molecule has 1 amide bonds.